The van der Waals surface area contributed by atoms with Crippen LogP contribution in [0.1, 0.15) is 30.8 Å². The number of carbonyl (C=O) groups is 1. The molecule has 1 rings (SSSR count). The largest absolute Gasteiger partial charge is 0.481 e. The van der Waals surface area contributed by atoms with E-state index in [-0.39, 0.29) is 0 Å². The van der Waals surface area contributed by atoms with Crippen molar-refractivity contribution in [2.45, 2.75) is 26.2 Å². The Balaban J connectivity index is 2.87. The number of carboxylic acid groups (broad SMARTS) is 1. The van der Waals surface area contributed by atoms with Gasteiger partial charge in [0.05, 0.1) is 5.92 Å². The summed E-state index contributed by atoms with van der Waals surface area (Å²) in [7, 11) is 0. The van der Waals surface area contributed by atoms with Crippen molar-refractivity contribution in [1.82, 2.24) is 9.97 Å². The Morgan fingerprint density at radius 3 is 2.83 bits per heavy atom. The molecule has 0 aliphatic rings. The smallest absolute Gasteiger partial charge is 0.312 e. The maximum absolute atomic E-state index is 10.7. The highest BCUT2D eigenvalue weighted by atomic mass is 16.4. The van der Waals surface area contributed by atoms with E-state index >= 15 is 0 Å². The summed E-state index contributed by atoms with van der Waals surface area (Å²) in [4.78, 5) is 17.6. The van der Waals surface area contributed by atoms with Gasteiger partial charge in [0, 0.05) is 11.9 Å². The van der Waals surface area contributed by atoms with Gasteiger partial charge in [-0.2, -0.15) is 0 Å². The molecule has 0 radical (unpaired) electrons. The van der Waals surface area contributed by atoms with Crippen molar-refractivity contribution in [2.75, 3.05) is 0 Å². The third-order valence-electron chi connectivity index (χ3n) is 1.80. The molecule has 0 saturated carbocycles. The number of aryl methyl sites for hydroxylation is 1. The van der Waals surface area contributed by atoms with Gasteiger partial charge in [-0.1, -0.05) is 6.92 Å². The van der Waals surface area contributed by atoms with Crippen LogP contribution in [-0.2, 0) is 4.79 Å². The number of rotatable bonds is 3. The highest BCUT2D eigenvalue weighted by Gasteiger charge is 2.18. The number of nitrogens with one attached hydrogen (secondary N) is 1. The fraction of sp³-hybridized carbons (Fsp3) is 0.500. The molecule has 1 aromatic rings. The number of hydrogen-bond acceptors (Lipinski definition) is 2. The minimum absolute atomic E-state index is 0.453. The van der Waals surface area contributed by atoms with Gasteiger partial charge in [0.15, 0.2) is 0 Å². The zero-order valence-corrected chi connectivity index (χ0v) is 7.16. The van der Waals surface area contributed by atoms with E-state index in [1.54, 1.807) is 13.1 Å². The molecule has 66 valence electrons. The molecule has 0 spiro atoms. The molecule has 0 aromatic carbocycles. The zero-order valence-electron chi connectivity index (χ0n) is 7.16. The van der Waals surface area contributed by atoms with Crippen LogP contribution in [-0.4, -0.2) is 21.0 Å². The molecule has 2 N–H and O–H groups in total. The van der Waals surface area contributed by atoms with Gasteiger partial charge in [-0.3, -0.25) is 4.79 Å². The fourth-order valence-corrected chi connectivity index (χ4v) is 1.14. The van der Waals surface area contributed by atoms with Crippen molar-refractivity contribution in [3.8, 4) is 0 Å². The Morgan fingerprint density at radius 1 is 1.83 bits per heavy atom. The molecule has 4 heteroatoms. The van der Waals surface area contributed by atoms with Crippen LogP contribution in [0.2, 0.25) is 0 Å². The summed E-state index contributed by atoms with van der Waals surface area (Å²) in [5, 5.41) is 8.79. The molecule has 1 heterocycles. The average molecular weight is 168 g/mol. The van der Waals surface area contributed by atoms with E-state index in [0.717, 1.165) is 5.82 Å². The van der Waals surface area contributed by atoms with Crippen LogP contribution in [0, 0.1) is 6.92 Å². The van der Waals surface area contributed by atoms with Crippen molar-refractivity contribution in [2.24, 2.45) is 0 Å². The number of aromatic nitrogens is 2. The molecule has 4 nitrogen and oxygen atoms in total. The van der Waals surface area contributed by atoms with E-state index in [1.165, 1.54) is 0 Å². The minimum atomic E-state index is -0.804. The van der Waals surface area contributed by atoms with Gasteiger partial charge in [-0.25, -0.2) is 4.98 Å². The lowest BCUT2D eigenvalue weighted by atomic mass is 10.0. The van der Waals surface area contributed by atoms with Crippen LogP contribution in [0.4, 0.5) is 0 Å². The van der Waals surface area contributed by atoms with E-state index in [0.29, 0.717) is 12.1 Å². The van der Waals surface area contributed by atoms with Gasteiger partial charge in [-0.05, 0) is 13.3 Å². The Labute approximate surface area is 70.6 Å². The first kappa shape index (κ1) is 8.77. The predicted molar refractivity (Wildman–Crippen MR) is 44.0 cm³/mol. The summed E-state index contributed by atoms with van der Waals surface area (Å²) in [6, 6.07) is 0. The Kier molecular flexibility index (Phi) is 2.47. The van der Waals surface area contributed by atoms with Crippen molar-refractivity contribution in [3.05, 3.63) is 17.7 Å². The van der Waals surface area contributed by atoms with Gasteiger partial charge in [0.1, 0.15) is 5.82 Å². The van der Waals surface area contributed by atoms with E-state index < -0.39 is 11.9 Å². The lowest BCUT2D eigenvalue weighted by Gasteiger charge is -2.05. The van der Waals surface area contributed by atoms with Crippen molar-refractivity contribution >= 4 is 5.97 Å². The zero-order chi connectivity index (χ0) is 9.14. The van der Waals surface area contributed by atoms with Gasteiger partial charge in [-0.15, -0.1) is 0 Å². The standard InChI is InChI=1S/C8H12N2O2/c1-3-6(8(11)12)7-4-9-5(2)10-7/h4,6H,3H2,1-2H3,(H,9,10)(H,11,12). The molecule has 0 amide bonds. The van der Waals surface area contributed by atoms with Gasteiger partial charge >= 0.3 is 5.97 Å². The third kappa shape index (κ3) is 1.64. The van der Waals surface area contributed by atoms with Crippen LogP contribution in [0.5, 0.6) is 0 Å². The van der Waals surface area contributed by atoms with Crippen LogP contribution in [0.25, 0.3) is 0 Å². The van der Waals surface area contributed by atoms with E-state index in [2.05, 4.69) is 9.97 Å². The average Bonchev–Trinajstić information content (AvgIpc) is 2.37. The topological polar surface area (TPSA) is 66.0 Å². The van der Waals surface area contributed by atoms with Crippen molar-refractivity contribution in [1.29, 1.82) is 0 Å². The molecule has 0 fully saturated rings. The molecule has 0 bridgehead atoms. The first-order chi connectivity index (χ1) is 5.65. The number of aromatic amines is 1. The first-order valence-electron chi connectivity index (χ1n) is 3.89. The number of imidazole rings is 1. The van der Waals surface area contributed by atoms with Crippen molar-refractivity contribution < 1.29 is 9.90 Å². The maximum Gasteiger partial charge on any atom is 0.312 e. The molecular formula is C8H12N2O2. The molecule has 1 unspecified atom stereocenters. The quantitative estimate of drug-likeness (QED) is 0.714. The molecule has 1 aromatic heterocycles. The van der Waals surface area contributed by atoms with Crippen LogP contribution < -0.4 is 0 Å². The van der Waals surface area contributed by atoms with Crippen LogP contribution in [0.15, 0.2) is 6.20 Å². The number of nitrogens with zero attached hydrogens (tertiary/aromatic N) is 1. The highest BCUT2D eigenvalue weighted by Crippen LogP contribution is 2.16. The second kappa shape index (κ2) is 3.38. The highest BCUT2D eigenvalue weighted by molar-refractivity contribution is 5.75. The molecule has 1 atom stereocenters. The van der Waals surface area contributed by atoms with Crippen LogP contribution >= 0.6 is 0 Å². The summed E-state index contributed by atoms with van der Waals surface area (Å²) in [5.41, 5.74) is 0.683. The molecular weight excluding hydrogens is 156 g/mol. The summed E-state index contributed by atoms with van der Waals surface area (Å²) < 4.78 is 0. The number of carboxylic acids is 1. The van der Waals surface area contributed by atoms with E-state index in [4.69, 9.17) is 5.11 Å². The SMILES string of the molecule is CCC(C(=O)O)c1cnc(C)[nH]1. The molecule has 12 heavy (non-hydrogen) atoms. The lowest BCUT2D eigenvalue weighted by Crippen LogP contribution is -2.10. The summed E-state index contributed by atoms with van der Waals surface area (Å²) >= 11 is 0. The maximum atomic E-state index is 10.7. The molecule has 0 aliphatic heterocycles. The Hall–Kier alpha value is -1.32. The summed E-state index contributed by atoms with van der Waals surface area (Å²) in [6.07, 6.45) is 2.16. The lowest BCUT2D eigenvalue weighted by molar-refractivity contribution is -0.138. The second-order valence-electron chi connectivity index (χ2n) is 2.72. The minimum Gasteiger partial charge on any atom is -0.481 e. The van der Waals surface area contributed by atoms with Gasteiger partial charge in [0.25, 0.3) is 0 Å². The van der Waals surface area contributed by atoms with Crippen molar-refractivity contribution in [3.63, 3.8) is 0 Å². The second-order valence-corrected chi connectivity index (χ2v) is 2.72. The molecule has 0 saturated heterocycles. The summed E-state index contributed by atoms with van der Waals surface area (Å²) in [5.74, 6) is -0.503. The monoisotopic (exact) mass is 168 g/mol. The van der Waals surface area contributed by atoms with Gasteiger partial charge < -0.3 is 10.1 Å². The fourth-order valence-electron chi connectivity index (χ4n) is 1.14. The summed E-state index contributed by atoms with van der Waals surface area (Å²) in [6.45, 7) is 3.65. The number of aliphatic carboxylic acids is 1. The van der Waals surface area contributed by atoms with E-state index in [1.807, 2.05) is 6.92 Å². The van der Waals surface area contributed by atoms with Crippen LogP contribution in [0.3, 0.4) is 0 Å². The van der Waals surface area contributed by atoms with Gasteiger partial charge in [0.2, 0.25) is 0 Å². The normalized spacial score (nSPS) is 12.8. The third-order valence-corrected chi connectivity index (χ3v) is 1.80. The Morgan fingerprint density at radius 2 is 2.50 bits per heavy atom. The molecule has 0 aliphatic carbocycles. The number of H-pyrrole nitrogens is 1. The Bertz CT molecular complexity index is 280. The first-order valence-corrected chi connectivity index (χ1v) is 3.89. The predicted octanol–water partition coefficient (Wildman–Crippen LogP) is 1.30. The number of hydrogen-bond donors (Lipinski definition) is 2. The van der Waals surface area contributed by atoms with E-state index in [9.17, 15) is 4.79 Å².